The van der Waals surface area contributed by atoms with Crippen LogP contribution in [0.15, 0.2) is 29.3 Å². The topological polar surface area (TPSA) is 67.6 Å². The second kappa shape index (κ2) is 12.4. The zero-order valence-electron chi connectivity index (χ0n) is 18.3. The van der Waals surface area contributed by atoms with E-state index in [-0.39, 0.29) is 24.0 Å². The van der Waals surface area contributed by atoms with Crippen molar-refractivity contribution in [2.45, 2.75) is 38.5 Å². The van der Waals surface area contributed by atoms with Gasteiger partial charge in [-0.3, -0.25) is 0 Å². The van der Waals surface area contributed by atoms with Crippen molar-refractivity contribution in [1.82, 2.24) is 25.0 Å². The molecule has 2 heterocycles. The first-order chi connectivity index (χ1) is 14.1. The molecule has 1 aromatic carbocycles. The minimum absolute atomic E-state index is 0. The first-order valence-electron chi connectivity index (χ1n) is 10.2. The van der Waals surface area contributed by atoms with E-state index in [1.54, 1.807) is 7.11 Å². The number of aliphatic imine (C=N–C) groups is 1. The Hall–Kier alpha value is -1.49. The quantitative estimate of drug-likeness (QED) is 0.328. The van der Waals surface area contributed by atoms with Gasteiger partial charge >= 0.3 is 0 Å². The SMILES string of the molecule is CCC1CN(C(=NCc2nnc(C)n2C)NCCc2ccc(OC)cc2)CCS1.I. The summed E-state index contributed by atoms with van der Waals surface area (Å²) in [7, 11) is 3.68. The van der Waals surface area contributed by atoms with Gasteiger partial charge in [-0.1, -0.05) is 19.1 Å². The van der Waals surface area contributed by atoms with Gasteiger partial charge in [0, 0.05) is 37.7 Å². The third-order valence-corrected chi connectivity index (χ3v) is 6.67. The molecule has 1 N–H and O–H groups in total. The molecule has 166 valence electrons. The summed E-state index contributed by atoms with van der Waals surface area (Å²) < 4.78 is 7.24. The summed E-state index contributed by atoms with van der Waals surface area (Å²) in [6.07, 6.45) is 2.12. The first kappa shape index (κ1) is 24.8. The van der Waals surface area contributed by atoms with E-state index in [0.29, 0.717) is 11.8 Å². The van der Waals surface area contributed by atoms with E-state index < -0.39 is 0 Å². The second-order valence-electron chi connectivity index (χ2n) is 7.23. The molecular formula is C21H33IN6OS. The molecule has 1 unspecified atom stereocenters. The highest BCUT2D eigenvalue weighted by molar-refractivity contribution is 14.0. The van der Waals surface area contributed by atoms with Crippen molar-refractivity contribution in [2.75, 3.05) is 32.5 Å². The molecule has 2 aromatic rings. The van der Waals surface area contributed by atoms with Gasteiger partial charge in [0.05, 0.1) is 7.11 Å². The molecular weight excluding hydrogens is 511 g/mol. The highest BCUT2D eigenvalue weighted by atomic mass is 127. The van der Waals surface area contributed by atoms with Crippen LogP contribution in [0.5, 0.6) is 5.75 Å². The number of benzene rings is 1. The Bertz CT molecular complexity index is 810. The molecule has 9 heteroatoms. The van der Waals surface area contributed by atoms with Crippen molar-refractivity contribution in [3.05, 3.63) is 41.5 Å². The number of nitrogens with one attached hydrogen (secondary N) is 1. The Kier molecular flexibility index (Phi) is 10.2. The summed E-state index contributed by atoms with van der Waals surface area (Å²) in [4.78, 5) is 7.29. The van der Waals surface area contributed by atoms with Gasteiger partial charge < -0.3 is 19.5 Å². The van der Waals surface area contributed by atoms with Gasteiger partial charge in [0.1, 0.15) is 18.1 Å². The zero-order chi connectivity index (χ0) is 20.6. The number of methoxy groups -OCH3 is 1. The smallest absolute Gasteiger partial charge is 0.194 e. The molecule has 1 aliphatic heterocycles. The monoisotopic (exact) mass is 544 g/mol. The normalized spacial score (nSPS) is 16.9. The van der Waals surface area contributed by atoms with Crippen molar-refractivity contribution < 1.29 is 4.74 Å². The molecule has 1 aromatic heterocycles. The van der Waals surface area contributed by atoms with Crippen LogP contribution < -0.4 is 10.1 Å². The maximum absolute atomic E-state index is 5.24. The van der Waals surface area contributed by atoms with Gasteiger partial charge in [-0.15, -0.1) is 34.2 Å². The minimum atomic E-state index is 0. The Morgan fingerprint density at radius 1 is 1.30 bits per heavy atom. The fraction of sp³-hybridized carbons (Fsp3) is 0.571. The lowest BCUT2D eigenvalue weighted by Gasteiger charge is -2.34. The van der Waals surface area contributed by atoms with Crippen LogP contribution in [0.2, 0.25) is 0 Å². The Labute approximate surface area is 201 Å². The molecule has 0 aliphatic carbocycles. The molecule has 1 fully saturated rings. The summed E-state index contributed by atoms with van der Waals surface area (Å²) in [5.74, 6) is 4.79. The zero-order valence-corrected chi connectivity index (χ0v) is 21.4. The molecule has 1 saturated heterocycles. The highest BCUT2D eigenvalue weighted by Gasteiger charge is 2.21. The molecule has 0 amide bonds. The van der Waals surface area contributed by atoms with Gasteiger partial charge in [-0.25, -0.2) is 4.99 Å². The van der Waals surface area contributed by atoms with Crippen LogP contribution in [-0.2, 0) is 20.0 Å². The predicted molar refractivity (Wildman–Crippen MR) is 135 cm³/mol. The Balaban J connectivity index is 0.00000320. The van der Waals surface area contributed by atoms with E-state index in [2.05, 4.69) is 51.2 Å². The summed E-state index contributed by atoms with van der Waals surface area (Å²) in [6.45, 7) is 7.65. The van der Waals surface area contributed by atoms with E-state index in [9.17, 15) is 0 Å². The average molecular weight is 545 g/mol. The van der Waals surface area contributed by atoms with E-state index in [4.69, 9.17) is 9.73 Å². The lowest BCUT2D eigenvalue weighted by atomic mass is 10.1. The molecule has 1 aliphatic rings. The number of aromatic nitrogens is 3. The van der Waals surface area contributed by atoms with Crippen LogP contribution in [0.25, 0.3) is 0 Å². The summed E-state index contributed by atoms with van der Waals surface area (Å²) in [6, 6.07) is 8.25. The van der Waals surface area contributed by atoms with Gasteiger partial charge in [0.2, 0.25) is 0 Å². The average Bonchev–Trinajstić information content (AvgIpc) is 3.08. The molecule has 30 heavy (non-hydrogen) atoms. The highest BCUT2D eigenvalue weighted by Crippen LogP contribution is 2.21. The van der Waals surface area contributed by atoms with Crippen molar-refractivity contribution in [1.29, 1.82) is 0 Å². The minimum Gasteiger partial charge on any atom is -0.497 e. The molecule has 0 radical (unpaired) electrons. The third-order valence-electron chi connectivity index (χ3n) is 5.30. The summed E-state index contributed by atoms with van der Waals surface area (Å²) in [5, 5.41) is 12.6. The maximum Gasteiger partial charge on any atom is 0.194 e. The molecule has 0 bridgehead atoms. The molecule has 0 saturated carbocycles. The summed E-state index contributed by atoms with van der Waals surface area (Å²) in [5.41, 5.74) is 1.28. The lowest BCUT2D eigenvalue weighted by Crippen LogP contribution is -2.48. The first-order valence-corrected chi connectivity index (χ1v) is 11.3. The van der Waals surface area contributed by atoms with Crippen LogP contribution in [0.3, 0.4) is 0 Å². The van der Waals surface area contributed by atoms with E-state index >= 15 is 0 Å². The number of rotatable bonds is 7. The number of hydrogen-bond donors (Lipinski definition) is 1. The Morgan fingerprint density at radius 3 is 2.70 bits per heavy atom. The fourth-order valence-electron chi connectivity index (χ4n) is 3.27. The third kappa shape index (κ3) is 6.76. The van der Waals surface area contributed by atoms with Gasteiger partial charge in [0.25, 0.3) is 0 Å². The number of halogens is 1. The second-order valence-corrected chi connectivity index (χ2v) is 8.64. The molecule has 1 atom stereocenters. The van der Waals surface area contributed by atoms with Crippen molar-refractivity contribution in [3.8, 4) is 5.75 Å². The van der Waals surface area contributed by atoms with Gasteiger partial charge in [-0.2, -0.15) is 11.8 Å². The Morgan fingerprint density at radius 2 is 2.07 bits per heavy atom. The van der Waals surface area contributed by atoms with Crippen molar-refractivity contribution in [2.24, 2.45) is 12.0 Å². The number of thioether (sulfide) groups is 1. The molecule has 7 nitrogen and oxygen atoms in total. The summed E-state index contributed by atoms with van der Waals surface area (Å²) >= 11 is 2.07. The van der Waals surface area contributed by atoms with Crippen LogP contribution in [0.4, 0.5) is 0 Å². The van der Waals surface area contributed by atoms with Crippen LogP contribution in [-0.4, -0.2) is 63.4 Å². The van der Waals surface area contributed by atoms with Crippen molar-refractivity contribution >= 4 is 41.7 Å². The van der Waals surface area contributed by atoms with E-state index in [1.807, 2.05) is 30.7 Å². The van der Waals surface area contributed by atoms with Gasteiger partial charge in [-0.05, 0) is 37.5 Å². The predicted octanol–water partition coefficient (Wildman–Crippen LogP) is 3.27. The van der Waals surface area contributed by atoms with Crippen LogP contribution in [0, 0.1) is 6.92 Å². The number of nitrogens with zero attached hydrogens (tertiary/aromatic N) is 5. The number of ether oxygens (including phenoxy) is 1. The van der Waals surface area contributed by atoms with Crippen LogP contribution >= 0.6 is 35.7 Å². The standard InChI is InChI=1S/C21H32N6OS.HI/c1-5-19-15-27(12-13-29-19)21(23-14-20-25-24-16(2)26(20)3)22-11-10-17-6-8-18(28-4)9-7-17;/h6-9,19H,5,10-15H2,1-4H3,(H,22,23);1H. The van der Waals surface area contributed by atoms with E-state index in [1.165, 1.54) is 12.0 Å². The van der Waals surface area contributed by atoms with Crippen LogP contribution in [0.1, 0.15) is 30.6 Å². The molecule has 0 spiro atoms. The maximum atomic E-state index is 5.24. The number of guanidine groups is 1. The van der Waals surface area contributed by atoms with E-state index in [0.717, 1.165) is 55.2 Å². The molecule has 3 rings (SSSR count). The lowest BCUT2D eigenvalue weighted by molar-refractivity contribution is 0.407. The fourth-order valence-corrected chi connectivity index (χ4v) is 4.45. The number of hydrogen-bond acceptors (Lipinski definition) is 5. The number of aryl methyl sites for hydroxylation is 1. The van der Waals surface area contributed by atoms with Crippen molar-refractivity contribution in [3.63, 3.8) is 0 Å². The van der Waals surface area contributed by atoms with Gasteiger partial charge in [0.15, 0.2) is 11.8 Å². The largest absolute Gasteiger partial charge is 0.497 e.